The smallest absolute Gasteiger partial charge is 0.328 e. The van der Waals surface area contributed by atoms with E-state index < -0.39 is 51.7 Å². The van der Waals surface area contributed by atoms with Crippen molar-refractivity contribution in [3.05, 3.63) is 90.2 Å². The molecule has 0 spiro atoms. The molecule has 0 atom stereocenters. The molecule has 0 amide bonds. The van der Waals surface area contributed by atoms with Crippen LogP contribution in [0.2, 0.25) is 5.02 Å². The first kappa shape index (κ1) is 52.8. The van der Waals surface area contributed by atoms with Crippen molar-refractivity contribution in [2.24, 2.45) is 0 Å². The number of nitrogens with zero attached hydrogens (tertiary/aromatic N) is 7. The lowest BCUT2D eigenvalue weighted by Gasteiger charge is -2.41. The number of aromatic nitrogens is 5. The van der Waals surface area contributed by atoms with Gasteiger partial charge in [0, 0.05) is 86.5 Å². The van der Waals surface area contributed by atoms with Crippen LogP contribution in [0.3, 0.4) is 0 Å². The number of carboxylic acids is 6. The number of anilines is 2. The molecule has 5 aromatic rings. The Balaban J connectivity index is 0.000000346. The van der Waals surface area contributed by atoms with Gasteiger partial charge in [-0.05, 0) is 72.9 Å². The van der Waals surface area contributed by atoms with Crippen molar-refractivity contribution in [1.82, 2.24) is 34.6 Å². The van der Waals surface area contributed by atoms with Crippen molar-refractivity contribution in [3.63, 3.8) is 0 Å². The van der Waals surface area contributed by atoms with Crippen LogP contribution in [-0.2, 0) is 38.8 Å². The Morgan fingerprint density at radius 1 is 0.750 bits per heavy atom. The Labute approximate surface area is 389 Å². The van der Waals surface area contributed by atoms with Crippen molar-refractivity contribution >= 4 is 91.0 Å². The highest BCUT2D eigenvalue weighted by Crippen LogP contribution is 2.40. The molecule has 1 saturated heterocycles. The topological polar surface area (TPSA) is 372 Å². The lowest BCUT2D eigenvalue weighted by atomic mass is 9.89. The van der Waals surface area contributed by atoms with Crippen molar-refractivity contribution in [3.8, 4) is 11.1 Å². The zero-order valence-electron chi connectivity index (χ0n) is 35.5. The predicted molar refractivity (Wildman–Crippen MR) is 239 cm³/mol. The molecule has 27 heteroatoms. The van der Waals surface area contributed by atoms with Crippen LogP contribution in [0.4, 0.5) is 15.9 Å². The maximum Gasteiger partial charge on any atom is 0.328 e. The third-order valence-corrected chi connectivity index (χ3v) is 11.7. The molecule has 362 valence electrons. The first-order valence-electron chi connectivity index (χ1n) is 19.8. The monoisotopic (exact) mass is 987 g/mol. The number of rotatable bonds is 12. The normalized spacial score (nSPS) is 16.6. The number of nitrogens with one attached hydrogen (secondary N) is 1. The summed E-state index contributed by atoms with van der Waals surface area (Å²) < 4.78 is 51.1. The van der Waals surface area contributed by atoms with Gasteiger partial charge < -0.3 is 45.8 Å². The summed E-state index contributed by atoms with van der Waals surface area (Å²) in [5.41, 5.74) is 8.06. The second-order valence-electron chi connectivity index (χ2n) is 14.5. The number of hydrogen-bond donors (Lipinski definition) is 8. The minimum absolute atomic E-state index is 0.0529. The van der Waals surface area contributed by atoms with E-state index in [-0.39, 0.29) is 32.7 Å². The number of nitrogen functional groups attached to an aromatic ring is 1. The van der Waals surface area contributed by atoms with E-state index in [1.54, 1.807) is 6.07 Å². The van der Waals surface area contributed by atoms with Gasteiger partial charge in [0.25, 0.3) is 10.0 Å². The van der Waals surface area contributed by atoms with Gasteiger partial charge in [0.15, 0.2) is 11.0 Å². The van der Waals surface area contributed by atoms with Crippen molar-refractivity contribution in [1.29, 1.82) is 0 Å². The Hall–Kier alpha value is -7.81. The number of fused-ring (bicyclic) bond motifs is 2. The van der Waals surface area contributed by atoms with Crippen LogP contribution in [-0.4, -0.2) is 149 Å². The predicted octanol–water partition coefficient (Wildman–Crippen LogP) is 3.68. The molecule has 4 heterocycles. The van der Waals surface area contributed by atoms with Crippen LogP contribution < -0.4 is 10.5 Å². The molecule has 1 aliphatic heterocycles. The highest BCUT2D eigenvalue weighted by Gasteiger charge is 2.30. The van der Waals surface area contributed by atoms with E-state index in [0.29, 0.717) is 70.5 Å². The number of hydrogen-bond acceptors (Lipinski definition) is 16. The number of halogens is 2. The van der Waals surface area contributed by atoms with E-state index >= 15 is 4.39 Å². The van der Waals surface area contributed by atoms with Gasteiger partial charge >= 0.3 is 35.8 Å². The van der Waals surface area contributed by atoms with E-state index in [9.17, 15) is 37.2 Å². The van der Waals surface area contributed by atoms with Gasteiger partial charge in [-0.3, -0.25) is 9.62 Å². The molecule has 9 N–H and O–H groups in total. The molecule has 2 fully saturated rings. The van der Waals surface area contributed by atoms with Crippen LogP contribution in [0.1, 0.15) is 31.7 Å². The number of aliphatic carboxylic acids is 6. The number of carbonyl (C=O) groups is 6. The average molecular weight is 988 g/mol. The third-order valence-electron chi connectivity index (χ3n) is 10.0. The maximum absolute atomic E-state index is 15.5. The number of sulfonamides is 1. The Morgan fingerprint density at radius 3 is 1.75 bits per heavy atom. The molecular weight excluding hydrogens is 945 g/mol. The molecule has 0 radical (unpaired) electrons. The summed E-state index contributed by atoms with van der Waals surface area (Å²) in [6.45, 7) is 4.40. The molecule has 2 aliphatic rings. The number of nitrogens with two attached hydrogens (primary N) is 1. The summed E-state index contributed by atoms with van der Waals surface area (Å²) >= 11 is 6.07. The molecular formula is C41H43ClFN9O15S. The number of benzene rings is 2. The van der Waals surface area contributed by atoms with Crippen LogP contribution in [0.25, 0.3) is 33.2 Å². The van der Waals surface area contributed by atoms with E-state index in [0.717, 1.165) is 51.9 Å². The van der Waals surface area contributed by atoms with Crippen molar-refractivity contribution in [2.45, 2.75) is 42.7 Å². The van der Waals surface area contributed by atoms with E-state index in [1.807, 2.05) is 6.20 Å². The summed E-state index contributed by atoms with van der Waals surface area (Å²) in [6.07, 6.45) is 11.0. The van der Waals surface area contributed by atoms with Crippen LogP contribution >= 0.6 is 11.6 Å². The average Bonchev–Trinajstić information content (AvgIpc) is 3.94. The molecule has 7 rings (SSSR count). The minimum atomic E-state index is -4.26. The zero-order chi connectivity index (χ0) is 50.3. The highest BCUT2D eigenvalue weighted by molar-refractivity contribution is 7.93. The zero-order valence-corrected chi connectivity index (χ0v) is 37.1. The lowest BCUT2D eigenvalue weighted by molar-refractivity contribution is -0.134. The highest BCUT2D eigenvalue weighted by atomic mass is 35.5. The lowest BCUT2D eigenvalue weighted by Crippen LogP contribution is -2.49. The van der Waals surface area contributed by atoms with Gasteiger partial charge in [-0.2, -0.15) is 0 Å². The van der Waals surface area contributed by atoms with Gasteiger partial charge in [-0.25, -0.2) is 56.2 Å². The molecule has 2 aromatic carbocycles. The molecule has 0 bridgehead atoms. The van der Waals surface area contributed by atoms with Gasteiger partial charge in [-0.15, -0.1) is 0 Å². The standard InChI is InChI=1S/C29H31ClFN9O3S.3C4H4O4/c1-38-10-12-39(13-11-38)18-3-5-19(6-4-18)40-15-20(25-28(32)33-16-34-29(25)40)17-2-8-23(22(31)14-17)37-44(41,42)24-9-7-21(30)26-27(24)36-43-35-26;3*5-3(6)1-2-4(7)8/h2,7-9,14-16,18-19,37H,3-6,10-13H2,1H3,(H2,32,33,34);3*1-2H,(H,5,6)(H,7,8)/b;3*2-1-. The molecule has 0 unspecified atom stereocenters. The van der Waals surface area contributed by atoms with Gasteiger partial charge in [-0.1, -0.05) is 17.7 Å². The fourth-order valence-corrected chi connectivity index (χ4v) is 8.31. The Kier molecular flexibility index (Phi) is 18.7. The van der Waals surface area contributed by atoms with Gasteiger partial charge in [0.05, 0.1) is 16.1 Å². The van der Waals surface area contributed by atoms with Crippen molar-refractivity contribution in [2.75, 3.05) is 43.7 Å². The van der Waals surface area contributed by atoms with Crippen LogP contribution in [0, 0.1) is 5.82 Å². The van der Waals surface area contributed by atoms with Gasteiger partial charge in [0.2, 0.25) is 0 Å². The summed E-state index contributed by atoms with van der Waals surface area (Å²) in [6, 6.07) is 7.73. The summed E-state index contributed by atoms with van der Waals surface area (Å²) in [5.74, 6) is -8.01. The number of carboxylic acid groups (broad SMARTS) is 6. The molecule has 68 heavy (non-hydrogen) atoms. The second kappa shape index (κ2) is 24.1. The fraction of sp³-hybridized carbons (Fsp3) is 0.268. The molecule has 1 saturated carbocycles. The summed E-state index contributed by atoms with van der Waals surface area (Å²) in [7, 11) is -2.08. The van der Waals surface area contributed by atoms with E-state index in [4.69, 9.17) is 48.0 Å². The number of piperazine rings is 1. The largest absolute Gasteiger partial charge is 0.478 e. The first-order valence-corrected chi connectivity index (χ1v) is 21.6. The third kappa shape index (κ3) is 15.1. The quantitative estimate of drug-likeness (QED) is 0.0826. The van der Waals surface area contributed by atoms with Crippen LogP contribution in [0.15, 0.2) is 88.8 Å². The van der Waals surface area contributed by atoms with Crippen molar-refractivity contribution < 1.29 is 76.8 Å². The summed E-state index contributed by atoms with van der Waals surface area (Å²) in [5, 5.41) is 55.0. The fourth-order valence-electron chi connectivity index (χ4n) is 6.92. The Bertz CT molecular complexity index is 2740. The maximum atomic E-state index is 15.5. The second-order valence-corrected chi connectivity index (χ2v) is 16.6. The summed E-state index contributed by atoms with van der Waals surface area (Å²) in [4.78, 5) is 70.9. The molecule has 1 aliphatic carbocycles. The first-order chi connectivity index (χ1) is 32.1. The minimum Gasteiger partial charge on any atom is -0.478 e. The SMILES string of the molecule is CN1CCN(C2CCC(n3cc(-c4ccc(NS(=O)(=O)c5ccc(Cl)c6nonc56)c(F)c4)c4c(N)ncnc43)CC2)CC1.O=C(O)/C=C\C(=O)O.O=C(O)/C=C\C(=O)O.O=C(O)/C=C\C(=O)O. The number of likely N-dealkylation sites (N-methyl/N-ethyl adjacent to an activating group) is 1. The van der Waals surface area contributed by atoms with E-state index in [2.05, 4.69) is 51.0 Å². The Morgan fingerprint density at radius 2 is 1.25 bits per heavy atom. The van der Waals surface area contributed by atoms with Crippen LogP contribution in [0.5, 0.6) is 0 Å². The molecule has 3 aromatic heterocycles. The van der Waals surface area contributed by atoms with Gasteiger partial charge in [0.1, 0.15) is 28.5 Å². The van der Waals surface area contributed by atoms with E-state index in [1.165, 1.54) is 30.6 Å². The molecule has 24 nitrogen and oxygen atoms in total.